The molecule has 0 radical (unpaired) electrons. The number of nitrogens with one attached hydrogen (secondary N) is 1. The molecule has 4 aromatic carbocycles. The van der Waals surface area contributed by atoms with Crippen LogP contribution >= 0.6 is 15.9 Å². The van der Waals surface area contributed by atoms with E-state index in [1.807, 2.05) is 68.4 Å². The summed E-state index contributed by atoms with van der Waals surface area (Å²) in [7, 11) is 1.60. The quantitative estimate of drug-likeness (QED) is 0.247. The molecule has 1 aliphatic heterocycles. The molecule has 216 valence electrons. The molecule has 0 saturated heterocycles. The van der Waals surface area contributed by atoms with E-state index < -0.39 is 6.04 Å². The normalized spacial score (nSPS) is 15.6. The van der Waals surface area contributed by atoms with Crippen LogP contribution in [-0.2, 0) is 16.1 Å². The van der Waals surface area contributed by atoms with Gasteiger partial charge in [-0.1, -0.05) is 54.0 Å². The van der Waals surface area contributed by atoms with E-state index in [9.17, 15) is 14.4 Å². The summed E-state index contributed by atoms with van der Waals surface area (Å²) in [5, 5.41) is 4.86. The van der Waals surface area contributed by atoms with Gasteiger partial charge in [-0.05, 0) is 71.8 Å². The average molecular weight is 630 g/mol. The lowest BCUT2D eigenvalue weighted by Gasteiger charge is -2.27. The summed E-state index contributed by atoms with van der Waals surface area (Å²) in [5.74, 6) is -0.520. The summed E-state index contributed by atoms with van der Waals surface area (Å²) in [6.45, 7) is 3.87. The Morgan fingerprint density at radius 1 is 1.05 bits per heavy atom. The smallest absolute Gasteiger partial charge is 0.258 e. The maximum atomic E-state index is 14.4. The van der Waals surface area contributed by atoms with Crippen LogP contribution < -0.4 is 25.6 Å². The third-order valence-corrected chi connectivity index (χ3v) is 8.25. The lowest BCUT2D eigenvalue weighted by atomic mass is 10.0. The number of rotatable bonds is 7. The Morgan fingerprint density at radius 2 is 1.76 bits per heavy atom. The summed E-state index contributed by atoms with van der Waals surface area (Å²) in [6.07, 6.45) is 0.619. The highest BCUT2D eigenvalue weighted by molar-refractivity contribution is 9.10. The second-order valence-electron chi connectivity index (χ2n) is 10.4. The maximum absolute atomic E-state index is 14.4. The second kappa shape index (κ2) is 12.2. The lowest BCUT2D eigenvalue weighted by molar-refractivity contribution is -0.129. The molecule has 0 aliphatic carbocycles. The molecule has 3 N–H and O–H groups in total. The fourth-order valence-electron chi connectivity index (χ4n) is 5.19. The first kappa shape index (κ1) is 29.1. The number of benzene rings is 4. The van der Waals surface area contributed by atoms with Crippen LogP contribution in [0.1, 0.15) is 36.2 Å². The number of carbonyl (C=O) groups excluding carboxylic acids is 3. The van der Waals surface area contributed by atoms with Gasteiger partial charge in [-0.15, -0.1) is 0 Å². The number of carbonyl (C=O) groups is 3. The Morgan fingerprint density at radius 3 is 2.45 bits per heavy atom. The zero-order valence-electron chi connectivity index (χ0n) is 23.8. The van der Waals surface area contributed by atoms with Crippen molar-refractivity contribution in [3.63, 3.8) is 0 Å². The fraction of sp³-hybridized carbons (Fsp3) is 0.242. The number of anilines is 3. The standard InChI is InChI=1S/C33H33BrN4O4/c1-4-20(2)31(39)36-27-19-38(32(40)21-9-13-24(35)14-10-21)29-8-6-5-7-28(29)37(33(27)41)18-26-25-15-12-23(34)17-22(25)11-16-30(26)42-3/h5-17,20,27H,4,18-19,35H2,1-3H3,(H,36,39)/t20-,27+/m1/s1. The number of hydrogen-bond acceptors (Lipinski definition) is 5. The lowest BCUT2D eigenvalue weighted by Crippen LogP contribution is -2.53. The zero-order chi connectivity index (χ0) is 30.0. The van der Waals surface area contributed by atoms with E-state index >= 15 is 0 Å². The Labute approximate surface area is 253 Å². The summed E-state index contributed by atoms with van der Waals surface area (Å²) >= 11 is 3.54. The van der Waals surface area contributed by atoms with Crippen LogP contribution in [0.2, 0.25) is 0 Å². The van der Waals surface area contributed by atoms with E-state index in [0.29, 0.717) is 34.8 Å². The number of nitrogens with two attached hydrogens (primary N) is 1. The van der Waals surface area contributed by atoms with Crippen molar-refractivity contribution in [2.24, 2.45) is 5.92 Å². The summed E-state index contributed by atoms with van der Waals surface area (Å²) < 4.78 is 6.69. The van der Waals surface area contributed by atoms with E-state index in [1.165, 1.54) is 0 Å². The molecular weight excluding hydrogens is 596 g/mol. The Bertz CT molecular complexity index is 1660. The van der Waals surface area contributed by atoms with Crippen molar-refractivity contribution in [2.45, 2.75) is 32.9 Å². The van der Waals surface area contributed by atoms with Gasteiger partial charge in [-0.2, -0.15) is 0 Å². The van der Waals surface area contributed by atoms with E-state index in [-0.39, 0.29) is 36.7 Å². The first-order valence-electron chi connectivity index (χ1n) is 13.8. The van der Waals surface area contributed by atoms with Gasteiger partial charge in [0.05, 0.1) is 31.6 Å². The number of methoxy groups -OCH3 is 1. The van der Waals surface area contributed by atoms with Crippen LogP contribution in [0.15, 0.2) is 83.3 Å². The summed E-state index contributed by atoms with van der Waals surface area (Å²) in [6, 6.07) is 22.8. The van der Waals surface area contributed by atoms with Crippen molar-refractivity contribution >= 4 is 61.5 Å². The largest absolute Gasteiger partial charge is 0.496 e. The molecule has 5 rings (SSSR count). The van der Waals surface area contributed by atoms with E-state index in [4.69, 9.17) is 10.5 Å². The molecule has 0 fully saturated rings. The van der Waals surface area contributed by atoms with Gasteiger partial charge in [0.1, 0.15) is 11.8 Å². The number of halogens is 1. The van der Waals surface area contributed by atoms with Crippen LogP contribution in [0.25, 0.3) is 10.8 Å². The maximum Gasteiger partial charge on any atom is 0.258 e. The number of amides is 3. The molecule has 8 nitrogen and oxygen atoms in total. The number of ether oxygens (including phenoxy) is 1. The molecule has 0 saturated carbocycles. The third-order valence-electron chi connectivity index (χ3n) is 7.76. The van der Waals surface area contributed by atoms with Crippen molar-refractivity contribution in [3.8, 4) is 5.75 Å². The van der Waals surface area contributed by atoms with Crippen molar-refractivity contribution in [3.05, 3.63) is 94.5 Å². The van der Waals surface area contributed by atoms with Gasteiger partial charge in [0.15, 0.2) is 0 Å². The van der Waals surface area contributed by atoms with Crippen LogP contribution in [-0.4, -0.2) is 37.4 Å². The minimum Gasteiger partial charge on any atom is -0.496 e. The topological polar surface area (TPSA) is 105 Å². The minimum absolute atomic E-state index is 0.0304. The molecule has 9 heteroatoms. The third kappa shape index (κ3) is 5.69. The van der Waals surface area contributed by atoms with E-state index in [0.717, 1.165) is 20.8 Å². The van der Waals surface area contributed by atoms with Gasteiger partial charge >= 0.3 is 0 Å². The Balaban J connectivity index is 1.65. The molecule has 0 unspecified atom stereocenters. The van der Waals surface area contributed by atoms with Crippen molar-refractivity contribution in [1.82, 2.24) is 5.32 Å². The molecule has 42 heavy (non-hydrogen) atoms. The van der Waals surface area contributed by atoms with Crippen molar-refractivity contribution < 1.29 is 19.1 Å². The van der Waals surface area contributed by atoms with Crippen molar-refractivity contribution in [2.75, 3.05) is 29.2 Å². The number of hydrogen-bond donors (Lipinski definition) is 2. The van der Waals surface area contributed by atoms with Crippen LogP contribution in [0.5, 0.6) is 5.75 Å². The fourth-order valence-corrected chi connectivity index (χ4v) is 5.57. The van der Waals surface area contributed by atoms with Crippen LogP contribution in [0.3, 0.4) is 0 Å². The molecule has 4 aromatic rings. The molecule has 0 spiro atoms. The molecule has 0 aromatic heterocycles. The monoisotopic (exact) mass is 628 g/mol. The highest BCUT2D eigenvalue weighted by atomic mass is 79.9. The van der Waals surface area contributed by atoms with Gasteiger partial charge < -0.3 is 25.6 Å². The number of para-hydroxylation sites is 2. The SMILES string of the molecule is CC[C@@H](C)C(=O)N[C@H]1CN(C(=O)c2ccc(N)cc2)c2ccccc2N(Cc2c(OC)ccc3cc(Br)ccc23)C1=O. The Kier molecular flexibility index (Phi) is 8.49. The second-order valence-corrected chi connectivity index (χ2v) is 11.3. The number of nitrogens with zero attached hydrogens (tertiary/aromatic N) is 2. The van der Waals surface area contributed by atoms with Gasteiger partial charge in [0.25, 0.3) is 11.8 Å². The summed E-state index contributed by atoms with van der Waals surface area (Å²) in [4.78, 5) is 44.7. The minimum atomic E-state index is -0.980. The highest BCUT2D eigenvalue weighted by Crippen LogP contribution is 2.38. The van der Waals surface area contributed by atoms with Gasteiger partial charge in [0, 0.05) is 27.2 Å². The molecule has 0 bridgehead atoms. The molecule has 1 heterocycles. The van der Waals surface area contributed by atoms with Gasteiger partial charge in [-0.3, -0.25) is 14.4 Å². The summed E-state index contributed by atoms with van der Waals surface area (Å²) in [5.41, 5.74) is 8.77. The predicted octanol–water partition coefficient (Wildman–Crippen LogP) is 5.92. The molecular formula is C33H33BrN4O4. The van der Waals surface area contributed by atoms with Crippen LogP contribution in [0, 0.1) is 5.92 Å². The number of nitrogen functional groups attached to an aromatic ring is 1. The van der Waals surface area contributed by atoms with Gasteiger partial charge in [-0.25, -0.2) is 0 Å². The van der Waals surface area contributed by atoms with Crippen molar-refractivity contribution in [1.29, 1.82) is 0 Å². The zero-order valence-corrected chi connectivity index (χ0v) is 25.4. The van der Waals surface area contributed by atoms with E-state index in [2.05, 4.69) is 21.2 Å². The number of fused-ring (bicyclic) bond motifs is 2. The average Bonchev–Trinajstić information content (AvgIpc) is 3.11. The molecule has 1 aliphatic rings. The first-order chi connectivity index (χ1) is 20.2. The first-order valence-corrected chi connectivity index (χ1v) is 14.6. The van der Waals surface area contributed by atoms with E-state index in [1.54, 1.807) is 41.2 Å². The Hall–Kier alpha value is -4.37. The predicted molar refractivity (Wildman–Crippen MR) is 170 cm³/mol. The van der Waals surface area contributed by atoms with Crippen LogP contribution in [0.4, 0.5) is 17.1 Å². The highest BCUT2D eigenvalue weighted by Gasteiger charge is 2.38. The molecule has 3 amide bonds. The molecule has 2 atom stereocenters. The van der Waals surface area contributed by atoms with Gasteiger partial charge in [0.2, 0.25) is 5.91 Å².